The van der Waals surface area contributed by atoms with Crippen molar-refractivity contribution in [2.24, 2.45) is 18.4 Å². The molecule has 0 aliphatic carbocycles. The Kier molecular flexibility index (Phi) is 6.44. The summed E-state index contributed by atoms with van der Waals surface area (Å²) in [5, 5.41) is 10.9. The van der Waals surface area contributed by atoms with Gasteiger partial charge in [0.05, 0.1) is 5.69 Å². The zero-order valence-corrected chi connectivity index (χ0v) is 15.1. The molecule has 6 heteroatoms. The third-order valence-electron chi connectivity index (χ3n) is 3.89. The van der Waals surface area contributed by atoms with E-state index in [1.54, 1.807) is 4.68 Å². The summed E-state index contributed by atoms with van der Waals surface area (Å²) in [5.41, 5.74) is 1.22. The van der Waals surface area contributed by atoms with Gasteiger partial charge >= 0.3 is 0 Å². The Hall–Kier alpha value is -1.07. The van der Waals surface area contributed by atoms with Gasteiger partial charge in [-0.25, -0.2) is 0 Å². The van der Waals surface area contributed by atoms with Gasteiger partial charge in [-0.1, -0.05) is 20.8 Å². The third kappa shape index (κ3) is 5.29. The average Bonchev–Trinajstić information content (AvgIpc) is 2.67. The standard InChI is InChI=1S/C16H28N4O.ClH/c1-11-8-12(6-7-17-11)15(21)18-14-9-13(19-20(14)5)10-16(2,3)4;/h9,11-12,17H,6-8,10H2,1-5H3,(H,18,21);1H/t11-,12-;/m0./s1. The molecule has 1 aliphatic heterocycles. The Morgan fingerprint density at radius 2 is 2.18 bits per heavy atom. The van der Waals surface area contributed by atoms with E-state index in [4.69, 9.17) is 0 Å². The van der Waals surface area contributed by atoms with Gasteiger partial charge in [-0.15, -0.1) is 12.4 Å². The number of halogens is 1. The van der Waals surface area contributed by atoms with E-state index in [1.807, 2.05) is 13.1 Å². The van der Waals surface area contributed by atoms with Gasteiger partial charge in [0.2, 0.25) is 5.91 Å². The maximum absolute atomic E-state index is 12.4. The average molecular weight is 329 g/mol. The molecule has 2 heterocycles. The molecule has 1 aliphatic rings. The first-order valence-electron chi connectivity index (χ1n) is 7.82. The summed E-state index contributed by atoms with van der Waals surface area (Å²) in [6.45, 7) is 9.62. The van der Waals surface area contributed by atoms with Gasteiger partial charge in [0.15, 0.2) is 0 Å². The summed E-state index contributed by atoms with van der Waals surface area (Å²) in [5.74, 6) is 1.02. The van der Waals surface area contributed by atoms with Crippen LogP contribution < -0.4 is 10.6 Å². The van der Waals surface area contributed by atoms with Crippen molar-refractivity contribution < 1.29 is 4.79 Å². The first kappa shape index (κ1) is 19.0. The molecule has 2 atom stereocenters. The van der Waals surface area contributed by atoms with Gasteiger partial charge in [-0.05, 0) is 38.1 Å². The predicted molar refractivity (Wildman–Crippen MR) is 92.4 cm³/mol. The van der Waals surface area contributed by atoms with Crippen molar-refractivity contribution in [1.82, 2.24) is 15.1 Å². The summed E-state index contributed by atoms with van der Waals surface area (Å²) in [7, 11) is 1.88. The molecular formula is C16H29ClN4O. The Morgan fingerprint density at radius 1 is 1.50 bits per heavy atom. The highest BCUT2D eigenvalue weighted by atomic mass is 35.5. The lowest BCUT2D eigenvalue weighted by Crippen LogP contribution is -2.40. The monoisotopic (exact) mass is 328 g/mol. The Labute approximate surface area is 139 Å². The molecule has 5 nitrogen and oxygen atoms in total. The van der Waals surface area contributed by atoms with Gasteiger partial charge in [-0.2, -0.15) is 5.10 Å². The summed E-state index contributed by atoms with van der Waals surface area (Å²) < 4.78 is 1.77. The van der Waals surface area contributed by atoms with Crippen molar-refractivity contribution in [3.8, 4) is 0 Å². The van der Waals surface area contributed by atoms with E-state index in [9.17, 15) is 4.79 Å². The molecule has 1 fully saturated rings. The third-order valence-corrected chi connectivity index (χ3v) is 3.89. The second-order valence-corrected chi connectivity index (χ2v) is 7.45. The Balaban J connectivity index is 0.00000242. The van der Waals surface area contributed by atoms with E-state index < -0.39 is 0 Å². The van der Waals surface area contributed by atoms with Crippen molar-refractivity contribution >= 4 is 24.1 Å². The van der Waals surface area contributed by atoms with Crippen molar-refractivity contribution in [3.05, 3.63) is 11.8 Å². The topological polar surface area (TPSA) is 59.0 Å². The molecule has 0 unspecified atom stereocenters. The highest BCUT2D eigenvalue weighted by Crippen LogP contribution is 2.23. The summed E-state index contributed by atoms with van der Waals surface area (Å²) in [4.78, 5) is 12.4. The lowest BCUT2D eigenvalue weighted by Gasteiger charge is -2.27. The fourth-order valence-electron chi connectivity index (χ4n) is 2.87. The zero-order valence-electron chi connectivity index (χ0n) is 14.3. The highest BCUT2D eigenvalue weighted by Gasteiger charge is 2.25. The Bertz CT molecular complexity index is 507. The maximum atomic E-state index is 12.4. The van der Waals surface area contributed by atoms with Crippen molar-refractivity contribution in [2.45, 2.75) is 53.0 Å². The quantitative estimate of drug-likeness (QED) is 0.897. The van der Waals surface area contributed by atoms with Crippen molar-refractivity contribution in [2.75, 3.05) is 11.9 Å². The van der Waals surface area contributed by atoms with Crippen LogP contribution in [0.25, 0.3) is 0 Å². The highest BCUT2D eigenvalue weighted by molar-refractivity contribution is 5.91. The first-order chi connectivity index (χ1) is 9.74. The SMILES string of the molecule is C[C@H]1C[C@@H](C(=O)Nc2cc(CC(C)(C)C)nn2C)CCN1.Cl. The maximum Gasteiger partial charge on any atom is 0.228 e. The zero-order chi connectivity index (χ0) is 15.6. The van der Waals surface area contributed by atoms with Crippen LogP contribution in [0.2, 0.25) is 0 Å². The molecule has 1 amide bonds. The molecular weight excluding hydrogens is 300 g/mol. The van der Waals surface area contributed by atoms with Gasteiger partial charge in [0.1, 0.15) is 5.82 Å². The number of carbonyl (C=O) groups is 1. The molecule has 0 radical (unpaired) electrons. The number of carbonyl (C=O) groups excluding carboxylic acids is 1. The number of nitrogens with zero attached hydrogens (tertiary/aromatic N) is 2. The fourth-order valence-corrected chi connectivity index (χ4v) is 2.87. The number of nitrogens with one attached hydrogen (secondary N) is 2. The second kappa shape index (κ2) is 7.47. The number of aromatic nitrogens is 2. The minimum atomic E-state index is 0. The van der Waals surface area contributed by atoms with Crippen LogP contribution in [-0.4, -0.2) is 28.3 Å². The van der Waals surface area contributed by atoms with E-state index >= 15 is 0 Å². The minimum absolute atomic E-state index is 0. The van der Waals surface area contributed by atoms with E-state index in [-0.39, 0.29) is 29.6 Å². The van der Waals surface area contributed by atoms with Crippen LogP contribution in [0.1, 0.15) is 46.2 Å². The first-order valence-corrected chi connectivity index (χ1v) is 7.82. The van der Waals surface area contributed by atoms with E-state index in [1.165, 1.54) is 0 Å². The molecule has 1 saturated heterocycles. The van der Waals surface area contributed by atoms with Crippen molar-refractivity contribution in [3.63, 3.8) is 0 Å². The minimum Gasteiger partial charge on any atom is -0.314 e. The van der Waals surface area contributed by atoms with Crippen LogP contribution in [0.4, 0.5) is 5.82 Å². The van der Waals surface area contributed by atoms with E-state index in [0.717, 1.165) is 37.3 Å². The molecule has 2 N–H and O–H groups in total. The summed E-state index contributed by atoms with van der Waals surface area (Å²) >= 11 is 0. The number of hydrogen-bond donors (Lipinski definition) is 2. The van der Waals surface area contributed by atoms with Crippen LogP contribution in [0, 0.1) is 11.3 Å². The number of rotatable bonds is 3. The second-order valence-electron chi connectivity index (χ2n) is 7.45. The molecule has 126 valence electrons. The van der Waals surface area contributed by atoms with Crippen LogP contribution in [-0.2, 0) is 18.3 Å². The number of aryl methyl sites for hydroxylation is 1. The molecule has 0 saturated carbocycles. The van der Waals surface area contributed by atoms with Gasteiger partial charge in [0.25, 0.3) is 0 Å². The van der Waals surface area contributed by atoms with Crippen LogP contribution in [0.5, 0.6) is 0 Å². The van der Waals surface area contributed by atoms with E-state index in [0.29, 0.717) is 6.04 Å². The number of piperidine rings is 1. The predicted octanol–water partition coefficient (Wildman–Crippen LogP) is 2.76. The summed E-state index contributed by atoms with van der Waals surface area (Å²) in [6, 6.07) is 2.41. The molecule has 2 rings (SSSR count). The number of anilines is 1. The smallest absolute Gasteiger partial charge is 0.228 e. The lowest BCUT2D eigenvalue weighted by atomic mass is 9.90. The molecule has 0 bridgehead atoms. The number of amides is 1. The van der Waals surface area contributed by atoms with Crippen molar-refractivity contribution in [1.29, 1.82) is 0 Å². The Morgan fingerprint density at radius 3 is 2.77 bits per heavy atom. The van der Waals surface area contributed by atoms with Gasteiger partial charge < -0.3 is 10.6 Å². The molecule has 0 aromatic carbocycles. The number of hydrogen-bond acceptors (Lipinski definition) is 3. The van der Waals surface area contributed by atoms with Gasteiger partial charge in [-0.3, -0.25) is 9.48 Å². The molecule has 0 spiro atoms. The van der Waals surface area contributed by atoms with Crippen LogP contribution in [0.15, 0.2) is 6.07 Å². The molecule has 22 heavy (non-hydrogen) atoms. The van der Waals surface area contributed by atoms with Gasteiger partial charge in [0, 0.05) is 25.1 Å². The van der Waals surface area contributed by atoms with Crippen LogP contribution >= 0.6 is 12.4 Å². The van der Waals surface area contributed by atoms with Crippen LogP contribution in [0.3, 0.4) is 0 Å². The van der Waals surface area contributed by atoms with E-state index in [2.05, 4.69) is 43.4 Å². The normalized spacial score (nSPS) is 22.0. The fraction of sp³-hybridized carbons (Fsp3) is 0.750. The molecule has 1 aromatic rings. The summed E-state index contributed by atoms with van der Waals surface area (Å²) in [6.07, 6.45) is 2.71. The molecule has 1 aromatic heterocycles. The largest absolute Gasteiger partial charge is 0.314 e. The lowest BCUT2D eigenvalue weighted by molar-refractivity contribution is -0.120.